The maximum atomic E-state index is 12.2. The van der Waals surface area contributed by atoms with Crippen LogP contribution in [-0.2, 0) is 6.42 Å². The number of aromatic nitrogens is 3. The Bertz CT molecular complexity index is 841. The van der Waals surface area contributed by atoms with Crippen LogP contribution in [0.25, 0.3) is 16.9 Å². The summed E-state index contributed by atoms with van der Waals surface area (Å²) in [6.45, 7) is 6.15. The molecule has 0 radical (unpaired) electrons. The van der Waals surface area contributed by atoms with Gasteiger partial charge in [0.25, 0.3) is 5.56 Å². The molecule has 3 aromatic rings. The molecule has 2 heterocycles. The van der Waals surface area contributed by atoms with Crippen LogP contribution in [0, 0.1) is 13.8 Å². The number of aryl methyl sites for hydroxylation is 3. The Balaban J connectivity index is 2.22. The van der Waals surface area contributed by atoms with Gasteiger partial charge >= 0.3 is 0 Å². The van der Waals surface area contributed by atoms with E-state index in [-0.39, 0.29) is 5.56 Å². The normalized spacial score (nSPS) is 11.2. The Morgan fingerprint density at radius 2 is 1.90 bits per heavy atom. The Labute approximate surface area is 123 Å². The van der Waals surface area contributed by atoms with Crippen molar-refractivity contribution in [1.82, 2.24) is 14.6 Å². The van der Waals surface area contributed by atoms with Gasteiger partial charge in [-0.2, -0.15) is 0 Å². The van der Waals surface area contributed by atoms with Gasteiger partial charge in [0.15, 0.2) is 5.65 Å². The van der Waals surface area contributed by atoms with E-state index in [0.717, 1.165) is 41.0 Å². The minimum absolute atomic E-state index is 0.0510. The summed E-state index contributed by atoms with van der Waals surface area (Å²) in [5.74, 6) is 0. The molecule has 0 saturated heterocycles. The minimum Gasteiger partial charge on any atom is -0.289 e. The van der Waals surface area contributed by atoms with Crippen molar-refractivity contribution in [2.45, 2.75) is 33.6 Å². The van der Waals surface area contributed by atoms with Crippen LogP contribution in [0.15, 0.2) is 35.1 Å². The molecule has 0 aliphatic rings. The van der Waals surface area contributed by atoms with Crippen LogP contribution in [0.5, 0.6) is 0 Å². The van der Waals surface area contributed by atoms with Crippen molar-refractivity contribution in [3.63, 3.8) is 0 Å². The molecule has 0 unspecified atom stereocenters. The molecule has 0 aliphatic heterocycles. The molecule has 108 valence electrons. The first-order valence-corrected chi connectivity index (χ1v) is 7.28. The lowest BCUT2D eigenvalue weighted by molar-refractivity contribution is 0.840. The lowest BCUT2D eigenvalue weighted by atomic mass is 10.1. The second-order valence-electron chi connectivity index (χ2n) is 5.47. The van der Waals surface area contributed by atoms with E-state index in [4.69, 9.17) is 0 Å². The van der Waals surface area contributed by atoms with E-state index in [0.29, 0.717) is 0 Å². The number of rotatable bonds is 3. The van der Waals surface area contributed by atoms with Gasteiger partial charge in [0.05, 0.1) is 5.69 Å². The predicted molar refractivity (Wildman–Crippen MR) is 84.7 cm³/mol. The molecule has 0 aliphatic carbocycles. The van der Waals surface area contributed by atoms with E-state index < -0.39 is 0 Å². The third kappa shape index (κ3) is 2.37. The summed E-state index contributed by atoms with van der Waals surface area (Å²) >= 11 is 0. The van der Waals surface area contributed by atoms with Crippen LogP contribution < -0.4 is 5.56 Å². The maximum Gasteiger partial charge on any atom is 0.272 e. The van der Waals surface area contributed by atoms with Gasteiger partial charge in [-0.3, -0.25) is 9.89 Å². The molecular formula is C17H19N3O. The molecule has 21 heavy (non-hydrogen) atoms. The van der Waals surface area contributed by atoms with Crippen molar-refractivity contribution in [3.8, 4) is 11.3 Å². The molecule has 4 nitrogen and oxygen atoms in total. The second kappa shape index (κ2) is 5.20. The molecule has 4 heteroatoms. The van der Waals surface area contributed by atoms with Crippen molar-refractivity contribution in [3.05, 3.63) is 57.5 Å². The number of nitrogens with zero attached hydrogens (tertiary/aromatic N) is 2. The van der Waals surface area contributed by atoms with Crippen molar-refractivity contribution >= 4 is 5.65 Å². The van der Waals surface area contributed by atoms with Gasteiger partial charge < -0.3 is 0 Å². The van der Waals surface area contributed by atoms with Crippen LogP contribution in [0.2, 0.25) is 0 Å². The highest BCUT2D eigenvalue weighted by atomic mass is 16.1. The second-order valence-corrected chi connectivity index (χ2v) is 5.47. The smallest absolute Gasteiger partial charge is 0.272 e. The van der Waals surface area contributed by atoms with Crippen LogP contribution in [-0.4, -0.2) is 14.6 Å². The van der Waals surface area contributed by atoms with Gasteiger partial charge in [-0.1, -0.05) is 43.2 Å². The van der Waals surface area contributed by atoms with Gasteiger partial charge in [-0.15, -0.1) is 0 Å². The van der Waals surface area contributed by atoms with Crippen molar-refractivity contribution in [1.29, 1.82) is 0 Å². The van der Waals surface area contributed by atoms with Crippen molar-refractivity contribution in [2.24, 2.45) is 0 Å². The highest BCUT2D eigenvalue weighted by molar-refractivity contribution is 5.70. The average molecular weight is 281 g/mol. The average Bonchev–Trinajstić information content (AvgIpc) is 2.79. The molecule has 0 bridgehead atoms. The van der Waals surface area contributed by atoms with E-state index in [1.807, 2.05) is 6.92 Å². The third-order valence-corrected chi connectivity index (χ3v) is 3.75. The molecule has 1 aromatic carbocycles. The maximum absolute atomic E-state index is 12.2. The Kier molecular flexibility index (Phi) is 3.37. The molecule has 1 N–H and O–H groups in total. The molecule has 0 spiro atoms. The summed E-state index contributed by atoms with van der Waals surface area (Å²) in [6, 6.07) is 9.87. The molecule has 0 atom stereocenters. The van der Waals surface area contributed by atoms with E-state index in [2.05, 4.69) is 48.2 Å². The lowest BCUT2D eigenvalue weighted by Crippen LogP contribution is -2.15. The van der Waals surface area contributed by atoms with E-state index in [1.165, 1.54) is 10.1 Å². The summed E-state index contributed by atoms with van der Waals surface area (Å²) in [6.07, 6.45) is 1.81. The Hall–Kier alpha value is -2.36. The molecule has 0 saturated carbocycles. The fourth-order valence-corrected chi connectivity index (χ4v) is 2.58. The van der Waals surface area contributed by atoms with E-state index in [9.17, 15) is 4.79 Å². The van der Waals surface area contributed by atoms with Crippen LogP contribution in [0.3, 0.4) is 0 Å². The first-order chi connectivity index (χ1) is 10.1. The molecule has 0 fully saturated rings. The standard InChI is InChI=1S/C17H19N3O/c1-4-5-14-10-15(21)20-17(18-14)12(3)16(19-20)13-8-6-11(2)7-9-13/h6-10,19H,4-5H2,1-3H3. The largest absolute Gasteiger partial charge is 0.289 e. The molecule has 2 aromatic heterocycles. The first-order valence-electron chi connectivity index (χ1n) is 7.28. The van der Waals surface area contributed by atoms with Gasteiger partial charge in [-0.25, -0.2) is 9.50 Å². The van der Waals surface area contributed by atoms with Gasteiger partial charge in [0.1, 0.15) is 0 Å². The molecule has 3 rings (SSSR count). The summed E-state index contributed by atoms with van der Waals surface area (Å²) < 4.78 is 1.53. The quantitative estimate of drug-likeness (QED) is 0.801. The first kappa shape index (κ1) is 13.6. The zero-order valence-corrected chi connectivity index (χ0v) is 12.6. The topological polar surface area (TPSA) is 50.2 Å². The Morgan fingerprint density at radius 1 is 1.19 bits per heavy atom. The zero-order valence-electron chi connectivity index (χ0n) is 12.6. The number of benzene rings is 1. The van der Waals surface area contributed by atoms with E-state index >= 15 is 0 Å². The van der Waals surface area contributed by atoms with Gasteiger partial charge in [-0.05, 0) is 25.8 Å². The number of H-pyrrole nitrogens is 1. The monoisotopic (exact) mass is 281 g/mol. The lowest BCUT2D eigenvalue weighted by Gasteiger charge is -2.00. The number of nitrogens with one attached hydrogen (secondary N) is 1. The van der Waals surface area contributed by atoms with Crippen LogP contribution in [0.1, 0.15) is 30.2 Å². The number of hydrogen-bond donors (Lipinski definition) is 1. The zero-order chi connectivity index (χ0) is 15.0. The highest BCUT2D eigenvalue weighted by Crippen LogP contribution is 2.24. The number of fused-ring (bicyclic) bond motifs is 1. The predicted octanol–water partition coefficient (Wildman–Crippen LogP) is 3.26. The number of aromatic amines is 1. The fraction of sp³-hybridized carbons (Fsp3) is 0.294. The molecule has 0 amide bonds. The SMILES string of the molecule is CCCc1cc(=O)n2[nH]c(-c3ccc(C)cc3)c(C)c2n1. The van der Waals surface area contributed by atoms with Crippen LogP contribution >= 0.6 is 0 Å². The van der Waals surface area contributed by atoms with Crippen molar-refractivity contribution < 1.29 is 0 Å². The van der Waals surface area contributed by atoms with Crippen LogP contribution in [0.4, 0.5) is 0 Å². The third-order valence-electron chi connectivity index (χ3n) is 3.75. The fourth-order valence-electron chi connectivity index (χ4n) is 2.58. The van der Waals surface area contributed by atoms with E-state index in [1.54, 1.807) is 6.07 Å². The summed E-state index contributed by atoms with van der Waals surface area (Å²) in [5.41, 5.74) is 5.78. The summed E-state index contributed by atoms with van der Waals surface area (Å²) in [7, 11) is 0. The van der Waals surface area contributed by atoms with Crippen molar-refractivity contribution in [2.75, 3.05) is 0 Å². The summed E-state index contributed by atoms with van der Waals surface area (Å²) in [5, 5.41) is 3.18. The van der Waals surface area contributed by atoms with Gasteiger partial charge in [0.2, 0.25) is 0 Å². The van der Waals surface area contributed by atoms with Gasteiger partial charge in [0, 0.05) is 17.3 Å². The summed E-state index contributed by atoms with van der Waals surface area (Å²) in [4.78, 5) is 16.8. The highest BCUT2D eigenvalue weighted by Gasteiger charge is 2.13. The minimum atomic E-state index is -0.0510. The Morgan fingerprint density at radius 3 is 2.57 bits per heavy atom. The molecular weight excluding hydrogens is 262 g/mol. The number of hydrogen-bond acceptors (Lipinski definition) is 2.